The second-order valence-electron chi connectivity index (χ2n) is 19.6. The standard InChI is InChI=1S/C39H60O15S3/c1-34(2)25-7-13-37(34,28(40)19-25)22-55(43,44)49-16-10-31-52-32(11-17-50-56(45,46)23-38-14-8-26(20-29(38)41)35(38,3)4)54-33(53-31)12-18-51-57(47,48)24-39-15-9-27(21-30(39)42)36(39,5)6/h25-27,31-33H,7-24H2,1-6H3. The fraction of sp³-hybridized carbons (Fsp3) is 0.923. The van der Waals surface area contributed by atoms with Gasteiger partial charge in [-0.2, -0.15) is 25.3 Å². The molecule has 324 valence electrons. The molecule has 18 heteroatoms. The number of ether oxygens (including phenoxy) is 3. The van der Waals surface area contributed by atoms with Crippen LogP contribution in [0.3, 0.4) is 0 Å². The largest absolute Gasteiger partial charge is 0.323 e. The van der Waals surface area contributed by atoms with E-state index in [1.54, 1.807) is 0 Å². The normalized spacial score (nSPS) is 39.2. The Kier molecular flexibility index (Phi) is 11.2. The zero-order valence-corrected chi connectivity index (χ0v) is 36.5. The number of hydrogen-bond acceptors (Lipinski definition) is 15. The topological polar surface area (TPSA) is 209 Å². The van der Waals surface area contributed by atoms with Gasteiger partial charge in [0.1, 0.15) is 17.3 Å². The van der Waals surface area contributed by atoms with Crippen LogP contribution in [0.15, 0.2) is 0 Å². The van der Waals surface area contributed by atoms with Crippen LogP contribution in [0.2, 0.25) is 0 Å². The van der Waals surface area contributed by atoms with Gasteiger partial charge < -0.3 is 14.2 Å². The Hall–Kier alpha value is -1.38. The Balaban J connectivity index is 0.963. The molecule has 7 aliphatic rings. The molecule has 0 N–H and O–H groups in total. The van der Waals surface area contributed by atoms with E-state index in [0.717, 1.165) is 19.3 Å². The number of fused-ring (bicyclic) bond motifs is 6. The van der Waals surface area contributed by atoms with Crippen molar-refractivity contribution >= 4 is 47.7 Å². The molecule has 6 bridgehead atoms. The van der Waals surface area contributed by atoms with E-state index >= 15 is 0 Å². The molecule has 6 saturated carbocycles. The first kappa shape index (κ1) is 43.7. The quantitative estimate of drug-likeness (QED) is 0.175. The van der Waals surface area contributed by atoms with Gasteiger partial charge >= 0.3 is 0 Å². The molecule has 1 aliphatic heterocycles. The second kappa shape index (κ2) is 14.6. The Morgan fingerprint density at radius 2 is 0.719 bits per heavy atom. The first-order valence-electron chi connectivity index (χ1n) is 20.5. The predicted molar refractivity (Wildman–Crippen MR) is 203 cm³/mol. The van der Waals surface area contributed by atoms with Crippen molar-refractivity contribution in [2.24, 2.45) is 50.2 Å². The van der Waals surface area contributed by atoms with Crippen molar-refractivity contribution in [3.63, 3.8) is 0 Å². The van der Waals surface area contributed by atoms with Gasteiger partial charge in [0.2, 0.25) is 0 Å². The minimum atomic E-state index is -4.14. The van der Waals surface area contributed by atoms with Crippen LogP contribution < -0.4 is 0 Å². The summed E-state index contributed by atoms with van der Waals surface area (Å²) in [5, 5.41) is 0. The summed E-state index contributed by atoms with van der Waals surface area (Å²) in [5.41, 5.74) is -4.41. The first-order valence-corrected chi connectivity index (χ1v) is 25.2. The van der Waals surface area contributed by atoms with E-state index < -0.39 is 99.0 Å². The Morgan fingerprint density at radius 1 is 0.474 bits per heavy atom. The highest BCUT2D eigenvalue weighted by atomic mass is 32.2. The predicted octanol–water partition coefficient (Wildman–Crippen LogP) is 4.42. The maximum atomic E-state index is 13.2. The lowest BCUT2D eigenvalue weighted by molar-refractivity contribution is -0.387. The third kappa shape index (κ3) is 7.44. The highest BCUT2D eigenvalue weighted by Gasteiger charge is 2.67. The van der Waals surface area contributed by atoms with Gasteiger partial charge in [0, 0.05) is 38.5 Å². The van der Waals surface area contributed by atoms with Gasteiger partial charge in [-0.1, -0.05) is 41.5 Å². The SMILES string of the molecule is CC1(C)C2CCC1(CS(=O)(=O)OCCC1OC(CCOS(=O)(=O)CC34CCC(CC3=O)C4(C)C)OC(CCOS(=O)(=O)CC34CCC(CC3=O)C4(C)C)O1)C(=O)C2. The van der Waals surface area contributed by atoms with Gasteiger partial charge in [0.25, 0.3) is 30.4 Å². The lowest BCUT2D eigenvalue weighted by atomic mass is 9.70. The van der Waals surface area contributed by atoms with Crippen LogP contribution >= 0.6 is 0 Å². The average Bonchev–Trinajstić information content (AvgIpc) is 3.74. The molecule has 0 spiro atoms. The van der Waals surface area contributed by atoms with E-state index in [0.29, 0.717) is 38.5 Å². The average molecular weight is 865 g/mol. The van der Waals surface area contributed by atoms with Gasteiger partial charge in [0.15, 0.2) is 18.9 Å². The monoisotopic (exact) mass is 864 g/mol. The third-order valence-electron chi connectivity index (χ3n) is 16.4. The second-order valence-corrected chi connectivity index (χ2v) is 24.6. The Morgan fingerprint density at radius 3 is 0.912 bits per heavy atom. The van der Waals surface area contributed by atoms with E-state index in [2.05, 4.69) is 0 Å². The van der Waals surface area contributed by atoms with Gasteiger partial charge in [0.05, 0.1) is 53.3 Å². The molecule has 6 unspecified atom stereocenters. The van der Waals surface area contributed by atoms with Crippen molar-refractivity contribution in [2.75, 3.05) is 37.1 Å². The number of Topliss-reactive ketones (excluding diaryl/α,β-unsaturated/α-hetero) is 3. The van der Waals surface area contributed by atoms with Crippen LogP contribution in [0.4, 0.5) is 0 Å². The fourth-order valence-electron chi connectivity index (χ4n) is 12.2. The van der Waals surface area contributed by atoms with E-state index in [1.165, 1.54) is 0 Å². The van der Waals surface area contributed by atoms with Crippen LogP contribution in [-0.4, -0.2) is 98.6 Å². The summed E-state index contributed by atoms with van der Waals surface area (Å²) in [6.07, 6.45) is 1.30. The molecule has 0 aromatic rings. The number of hydrogen-bond donors (Lipinski definition) is 0. The zero-order valence-electron chi connectivity index (χ0n) is 34.0. The van der Waals surface area contributed by atoms with E-state index in [4.69, 9.17) is 26.8 Å². The Bertz CT molecular complexity index is 1740. The van der Waals surface area contributed by atoms with Crippen molar-refractivity contribution in [2.45, 2.75) is 137 Å². The summed E-state index contributed by atoms with van der Waals surface area (Å²) >= 11 is 0. The molecule has 0 aromatic carbocycles. The highest BCUT2D eigenvalue weighted by Crippen LogP contribution is 2.66. The van der Waals surface area contributed by atoms with Gasteiger partial charge in [-0.25, -0.2) is 0 Å². The van der Waals surface area contributed by atoms with Crippen molar-refractivity contribution in [3.8, 4) is 0 Å². The van der Waals surface area contributed by atoms with Crippen LogP contribution in [0.25, 0.3) is 0 Å². The smallest absolute Gasteiger partial charge is 0.268 e. The van der Waals surface area contributed by atoms with Crippen LogP contribution in [0, 0.1) is 50.2 Å². The number of ketones is 3. The molecule has 1 saturated heterocycles. The maximum absolute atomic E-state index is 13.2. The molecule has 6 atom stereocenters. The van der Waals surface area contributed by atoms with E-state index in [-0.39, 0.29) is 74.2 Å². The molecule has 57 heavy (non-hydrogen) atoms. The molecule has 1 heterocycles. The van der Waals surface area contributed by atoms with Crippen LogP contribution in [0.1, 0.15) is 119 Å². The minimum absolute atomic E-state index is 0.0533. The van der Waals surface area contributed by atoms with Crippen molar-refractivity contribution in [3.05, 3.63) is 0 Å². The Labute approximate surface area is 337 Å². The summed E-state index contributed by atoms with van der Waals surface area (Å²) in [6, 6.07) is 0. The number of carbonyl (C=O) groups excluding carboxylic acids is 3. The molecule has 0 amide bonds. The summed E-state index contributed by atoms with van der Waals surface area (Å²) in [4.78, 5) is 38.9. The summed E-state index contributed by atoms with van der Waals surface area (Å²) < 4.78 is 113. The molecular weight excluding hydrogens is 805 g/mol. The third-order valence-corrected chi connectivity index (χ3v) is 20.6. The lowest BCUT2D eigenvalue weighted by Gasteiger charge is -2.37. The van der Waals surface area contributed by atoms with Crippen molar-refractivity contribution < 1.29 is 66.4 Å². The number of rotatable bonds is 18. The summed E-state index contributed by atoms with van der Waals surface area (Å²) in [5.74, 6) is -1.02. The molecular formula is C39H60O15S3. The zero-order chi connectivity index (χ0) is 41.7. The molecule has 15 nitrogen and oxygen atoms in total. The van der Waals surface area contributed by atoms with Crippen molar-refractivity contribution in [1.29, 1.82) is 0 Å². The van der Waals surface area contributed by atoms with Gasteiger partial charge in [-0.05, 0) is 72.5 Å². The van der Waals surface area contributed by atoms with Crippen LogP contribution in [-0.2, 0) is 71.5 Å². The molecule has 7 fully saturated rings. The van der Waals surface area contributed by atoms with Crippen LogP contribution in [0.5, 0.6) is 0 Å². The van der Waals surface area contributed by atoms with Gasteiger partial charge in [-0.3, -0.25) is 26.9 Å². The lowest BCUT2D eigenvalue weighted by Crippen LogP contribution is -2.44. The fourth-order valence-corrected chi connectivity index (χ4v) is 17.3. The summed E-state index contributed by atoms with van der Waals surface area (Å²) in [6.45, 7) is 10.6. The molecule has 0 aromatic heterocycles. The molecule has 7 rings (SSSR count). The van der Waals surface area contributed by atoms with Gasteiger partial charge in [-0.15, -0.1) is 0 Å². The number of carbonyl (C=O) groups is 3. The summed E-state index contributed by atoms with van der Waals surface area (Å²) in [7, 11) is -12.4. The van der Waals surface area contributed by atoms with E-state index in [9.17, 15) is 39.6 Å². The first-order chi connectivity index (χ1) is 26.3. The van der Waals surface area contributed by atoms with Crippen molar-refractivity contribution in [1.82, 2.24) is 0 Å². The van der Waals surface area contributed by atoms with E-state index in [1.807, 2.05) is 41.5 Å². The molecule has 0 radical (unpaired) electrons. The highest BCUT2D eigenvalue weighted by molar-refractivity contribution is 7.87. The maximum Gasteiger partial charge on any atom is 0.268 e. The molecule has 6 aliphatic carbocycles. The minimum Gasteiger partial charge on any atom is -0.323 e.